The summed E-state index contributed by atoms with van der Waals surface area (Å²) < 4.78 is 36.2. The predicted octanol–water partition coefficient (Wildman–Crippen LogP) is 1.48. The highest BCUT2D eigenvalue weighted by molar-refractivity contribution is 8.00. The molecule has 1 atom stereocenters. The van der Waals surface area contributed by atoms with Gasteiger partial charge in [-0.05, 0) is 24.8 Å². The van der Waals surface area contributed by atoms with E-state index in [1.807, 2.05) is 0 Å². The highest BCUT2D eigenvalue weighted by atomic mass is 32.2. The van der Waals surface area contributed by atoms with Crippen LogP contribution in [0, 0.1) is 5.21 Å². The SMILES string of the molecule is CC(Sc1cccc[n+]1[O-])C(=O)NCC(F)(F)F. The number of nitrogens with one attached hydrogen (secondary N) is 1. The van der Waals surface area contributed by atoms with Gasteiger partial charge in [-0.1, -0.05) is 0 Å². The van der Waals surface area contributed by atoms with Crippen LogP contribution in [0.1, 0.15) is 6.92 Å². The van der Waals surface area contributed by atoms with Crippen LogP contribution < -0.4 is 10.0 Å². The molecule has 1 aromatic rings. The monoisotopic (exact) mass is 280 g/mol. The third-order valence-corrected chi connectivity index (χ3v) is 3.04. The maximum absolute atomic E-state index is 11.9. The molecule has 0 radical (unpaired) electrons. The number of aromatic nitrogens is 1. The van der Waals surface area contributed by atoms with E-state index in [1.54, 1.807) is 11.4 Å². The smallest absolute Gasteiger partial charge is 0.405 e. The zero-order valence-electron chi connectivity index (χ0n) is 9.40. The molecule has 18 heavy (non-hydrogen) atoms. The number of rotatable bonds is 4. The lowest BCUT2D eigenvalue weighted by Crippen LogP contribution is -2.38. The fraction of sp³-hybridized carbons (Fsp3) is 0.400. The van der Waals surface area contributed by atoms with Gasteiger partial charge in [-0.3, -0.25) is 4.79 Å². The number of halogens is 3. The number of pyridine rings is 1. The quantitative estimate of drug-likeness (QED) is 0.516. The Kier molecular flexibility index (Phi) is 4.83. The summed E-state index contributed by atoms with van der Waals surface area (Å²) in [6.45, 7) is 0.0618. The van der Waals surface area contributed by atoms with Gasteiger partial charge in [0.25, 0.3) is 5.03 Å². The summed E-state index contributed by atoms with van der Waals surface area (Å²) in [5, 5.41) is 12.5. The summed E-state index contributed by atoms with van der Waals surface area (Å²) in [4.78, 5) is 11.4. The van der Waals surface area contributed by atoms with Crippen LogP contribution in [0.3, 0.4) is 0 Å². The first-order valence-electron chi connectivity index (χ1n) is 4.99. The second-order valence-electron chi connectivity index (χ2n) is 3.46. The van der Waals surface area contributed by atoms with Crippen molar-refractivity contribution < 1.29 is 22.7 Å². The van der Waals surface area contributed by atoms with E-state index >= 15 is 0 Å². The van der Waals surface area contributed by atoms with Gasteiger partial charge in [0.15, 0.2) is 6.20 Å². The highest BCUT2D eigenvalue weighted by Crippen LogP contribution is 2.20. The van der Waals surface area contributed by atoms with Crippen molar-refractivity contribution in [2.24, 2.45) is 0 Å². The van der Waals surface area contributed by atoms with E-state index in [4.69, 9.17) is 0 Å². The number of hydrogen-bond acceptors (Lipinski definition) is 3. The maximum Gasteiger partial charge on any atom is 0.405 e. The van der Waals surface area contributed by atoms with Gasteiger partial charge in [0.1, 0.15) is 6.54 Å². The Morgan fingerprint density at radius 1 is 1.56 bits per heavy atom. The largest absolute Gasteiger partial charge is 0.618 e. The number of hydrogen-bond donors (Lipinski definition) is 1. The van der Waals surface area contributed by atoms with Gasteiger partial charge in [0, 0.05) is 12.1 Å². The Morgan fingerprint density at radius 2 is 2.22 bits per heavy atom. The van der Waals surface area contributed by atoms with Crippen LogP contribution in [0.25, 0.3) is 0 Å². The minimum Gasteiger partial charge on any atom is -0.618 e. The van der Waals surface area contributed by atoms with Gasteiger partial charge in [-0.15, -0.1) is 0 Å². The van der Waals surface area contributed by atoms with Crippen LogP contribution in [0.5, 0.6) is 0 Å². The molecule has 0 saturated heterocycles. The molecule has 100 valence electrons. The van der Waals surface area contributed by atoms with Crippen molar-refractivity contribution in [1.82, 2.24) is 5.32 Å². The summed E-state index contributed by atoms with van der Waals surface area (Å²) in [7, 11) is 0. The average Bonchev–Trinajstić information content (AvgIpc) is 2.28. The van der Waals surface area contributed by atoms with E-state index < -0.39 is 23.9 Å². The molecule has 1 heterocycles. The van der Waals surface area contributed by atoms with Gasteiger partial charge in [-0.25, -0.2) is 0 Å². The molecular formula is C10H11F3N2O2S. The topological polar surface area (TPSA) is 56.0 Å². The molecule has 1 unspecified atom stereocenters. The molecule has 1 amide bonds. The Bertz CT molecular complexity index is 426. The fourth-order valence-corrected chi connectivity index (χ4v) is 1.94. The molecular weight excluding hydrogens is 269 g/mol. The number of alkyl halides is 3. The Hall–Kier alpha value is -1.44. The maximum atomic E-state index is 11.9. The molecule has 0 fully saturated rings. The molecule has 1 N–H and O–H groups in total. The van der Waals surface area contributed by atoms with E-state index in [1.165, 1.54) is 25.3 Å². The zero-order chi connectivity index (χ0) is 13.8. The highest BCUT2D eigenvalue weighted by Gasteiger charge is 2.29. The lowest BCUT2D eigenvalue weighted by Gasteiger charge is -2.12. The fourth-order valence-electron chi connectivity index (χ4n) is 1.07. The Balaban J connectivity index is 2.53. The molecule has 0 aliphatic carbocycles. The minimum atomic E-state index is -4.44. The van der Waals surface area contributed by atoms with Crippen molar-refractivity contribution in [3.05, 3.63) is 29.6 Å². The van der Waals surface area contributed by atoms with E-state index in [9.17, 15) is 23.2 Å². The molecule has 0 aromatic carbocycles. The van der Waals surface area contributed by atoms with Gasteiger partial charge >= 0.3 is 6.18 Å². The van der Waals surface area contributed by atoms with Crippen LogP contribution in [0.15, 0.2) is 29.4 Å². The van der Waals surface area contributed by atoms with Crippen LogP contribution >= 0.6 is 11.8 Å². The number of nitrogens with zero attached hydrogens (tertiary/aromatic N) is 1. The first-order valence-corrected chi connectivity index (χ1v) is 5.87. The summed E-state index contributed by atoms with van der Waals surface area (Å²) in [6.07, 6.45) is -3.19. The molecule has 1 rings (SSSR count). The minimum absolute atomic E-state index is 0.257. The van der Waals surface area contributed by atoms with Crippen LogP contribution in [0.2, 0.25) is 0 Å². The lowest BCUT2D eigenvalue weighted by molar-refractivity contribution is -0.645. The van der Waals surface area contributed by atoms with Gasteiger partial charge in [0.2, 0.25) is 5.91 Å². The first-order chi connectivity index (χ1) is 8.29. The van der Waals surface area contributed by atoms with E-state index in [-0.39, 0.29) is 5.03 Å². The average molecular weight is 280 g/mol. The molecule has 4 nitrogen and oxygen atoms in total. The standard InChI is InChI=1S/C10H11F3N2O2S/c1-7(9(16)14-6-10(11,12)13)18-8-4-2-3-5-15(8)17/h2-5,7H,6H2,1H3,(H,14,16). The predicted molar refractivity (Wildman–Crippen MR) is 59.8 cm³/mol. The van der Waals surface area contributed by atoms with E-state index in [0.717, 1.165) is 11.8 Å². The van der Waals surface area contributed by atoms with Gasteiger partial charge < -0.3 is 10.5 Å². The molecule has 0 aliphatic rings. The summed E-state index contributed by atoms with van der Waals surface area (Å²) in [5.41, 5.74) is 0. The molecule has 0 saturated carbocycles. The number of carbonyl (C=O) groups is 1. The zero-order valence-corrected chi connectivity index (χ0v) is 10.2. The van der Waals surface area contributed by atoms with Crippen molar-refractivity contribution in [1.29, 1.82) is 0 Å². The first kappa shape index (κ1) is 14.6. The molecule has 0 spiro atoms. The second kappa shape index (κ2) is 5.94. The Morgan fingerprint density at radius 3 is 2.78 bits per heavy atom. The molecule has 8 heteroatoms. The van der Waals surface area contributed by atoms with Crippen molar-refractivity contribution in [3.63, 3.8) is 0 Å². The lowest BCUT2D eigenvalue weighted by atomic mass is 10.4. The van der Waals surface area contributed by atoms with Gasteiger partial charge in [0.05, 0.1) is 5.25 Å². The van der Waals surface area contributed by atoms with Crippen LogP contribution in [0.4, 0.5) is 13.2 Å². The summed E-state index contributed by atoms with van der Waals surface area (Å²) >= 11 is 0.900. The number of thioether (sulfide) groups is 1. The third kappa shape index (κ3) is 4.82. The number of amides is 1. The molecule has 0 aliphatic heterocycles. The molecule has 0 bridgehead atoms. The number of carbonyl (C=O) groups excluding carboxylic acids is 1. The van der Waals surface area contributed by atoms with Crippen molar-refractivity contribution >= 4 is 17.7 Å². The van der Waals surface area contributed by atoms with Crippen LogP contribution in [-0.2, 0) is 4.79 Å². The van der Waals surface area contributed by atoms with Crippen molar-refractivity contribution in [2.75, 3.05) is 6.54 Å². The summed E-state index contributed by atoms with van der Waals surface area (Å²) in [6, 6.07) is 4.62. The van der Waals surface area contributed by atoms with Crippen molar-refractivity contribution in [2.45, 2.75) is 23.4 Å². The van der Waals surface area contributed by atoms with Crippen molar-refractivity contribution in [3.8, 4) is 0 Å². The van der Waals surface area contributed by atoms with E-state index in [0.29, 0.717) is 4.73 Å². The van der Waals surface area contributed by atoms with E-state index in [2.05, 4.69) is 0 Å². The normalized spacial score (nSPS) is 13.1. The Labute approximate surface area is 106 Å². The third-order valence-electron chi connectivity index (χ3n) is 1.92. The van der Waals surface area contributed by atoms with Crippen LogP contribution in [-0.4, -0.2) is 23.9 Å². The molecule has 1 aromatic heterocycles. The second-order valence-corrected chi connectivity index (χ2v) is 4.82. The summed E-state index contributed by atoms with van der Waals surface area (Å²) in [5.74, 6) is -0.763. The van der Waals surface area contributed by atoms with Gasteiger partial charge in [-0.2, -0.15) is 17.9 Å².